The quantitative estimate of drug-likeness (QED) is 0.398. The van der Waals surface area contributed by atoms with Crippen LogP contribution in [0.5, 0.6) is 0 Å². The number of amides is 1. The molecule has 0 unspecified atom stereocenters. The van der Waals surface area contributed by atoms with Crippen LogP contribution in [-0.4, -0.2) is 63.3 Å². The Bertz CT molecular complexity index is 1540. The Labute approximate surface area is 213 Å². The zero-order valence-electron chi connectivity index (χ0n) is 20.3. The lowest BCUT2D eigenvalue weighted by molar-refractivity contribution is -0.126. The minimum Gasteiger partial charge on any atom is -0.353 e. The van der Waals surface area contributed by atoms with E-state index in [1.807, 2.05) is 30.1 Å². The summed E-state index contributed by atoms with van der Waals surface area (Å²) in [6, 6.07) is 16.4. The lowest BCUT2D eigenvalue weighted by Gasteiger charge is -2.39. The molecule has 3 aromatic heterocycles. The zero-order chi connectivity index (χ0) is 24.6. The number of carbonyl (C=O) groups is 1. The number of benzene rings is 2. The minimum absolute atomic E-state index is 0.0215. The highest BCUT2D eigenvalue weighted by Gasteiger charge is 2.31. The van der Waals surface area contributed by atoms with Gasteiger partial charge in [-0.25, -0.2) is 14.6 Å². The fourth-order valence-electron chi connectivity index (χ4n) is 4.69. The van der Waals surface area contributed by atoms with Gasteiger partial charge in [0.2, 0.25) is 5.91 Å². The second-order valence-corrected chi connectivity index (χ2v) is 10.2. The van der Waals surface area contributed by atoms with Crippen LogP contribution in [0.2, 0.25) is 0 Å². The number of thiophene rings is 1. The molecule has 5 aromatic rings. The van der Waals surface area contributed by atoms with Gasteiger partial charge in [0.25, 0.3) is 0 Å². The molecule has 0 spiro atoms. The van der Waals surface area contributed by atoms with Gasteiger partial charge in [-0.05, 0) is 60.6 Å². The van der Waals surface area contributed by atoms with Gasteiger partial charge in [0.15, 0.2) is 5.65 Å². The van der Waals surface area contributed by atoms with Crippen molar-refractivity contribution in [3.8, 4) is 5.69 Å². The molecule has 9 heteroatoms. The van der Waals surface area contributed by atoms with Gasteiger partial charge in [0, 0.05) is 37.1 Å². The molecule has 1 amide bonds. The molecule has 4 heterocycles. The molecule has 0 radical (unpaired) electrons. The Morgan fingerprint density at radius 3 is 2.83 bits per heavy atom. The van der Waals surface area contributed by atoms with Crippen molar-refractivity contribution in [1.82, 2.24) is 30.0 Å². The number of rotatable bonds is 5. The van der Waals surface area contributed by atoms with Crippen molar-refractivity contribution in [2.45, 2.75) is 19.5 Å². The van der Waals surface area contributed by atoms with E-state index in [1.54, 1.807) is 17.7 Å². The van der Waals surface area contributed by atoms with Crippen molar-refractivity contribution in [2.75, 3.05) is 31.6 Å². The Kier molecular flexibility index (Phi) is 5.86. The van der Waals surface area contributed by atoms with Crippen molar-refractivity contribution in [3.05, 3.63) is 77.6 Å². The van der Waals surface area contributed by atoms with Gasteiger partial charge in [-0.1, -0.05) is 23.8 Å². The number of fused-ring (bicyclic) bond motifs is 2. The number of nitrogens with zero attached hydrogens (tertiary/aromatic N) is 6. The van der Waals surface area contributed by atoms with Crippen LogP contribution in [0.4, 0.5) is 5.82 Å². The Morgan fingerprint density at radius 1 is 1.11 bits per heavy atom. The molecular weight excluding hydrogens is 470 g/mol. The van der Waals surface area contributed by atoms with Crippen LogP contribution in [-0.2, 0) is 11.3 Å². The lowest BCUT2D eigenvalue weighted by atomic mass is 10.1. The number of carbonyl (C=O) groups excluding carboxylic acids is 1. The monoisotopic (exact) mass is 497 g/mol. The average Bonchev–Trinajstić information content (AvgIpc) is 3.54. The summed E-state index contributed by atoms with van der Waals surface area (Å²) in [7, 11) is 2.00. The molecule has 1 saturated heterocycles. The fraction of sp³-hybridized carbons (Fsp3) is 0.259. The number of hydrogen-bond acceptors (Lipinski definition) is 7. The summed E-state index contributed by atoms with van der Waals surface area (Å²) in [5.41, 5.74) is 3.92. The predicted molar refractivity (Wildman–Crippen MR) is 144 cm³/mol. The molecule has 1 aliphatic heterocycles. The maximum Gasteiger partial charge on any atom is 0.239 e. The Balaban J connectivity index is 1.20. The number of anilines is 1. The number of nitrogens with one attached hydrogen (secondary N) is 1. The SMILES string of the molecule is Cc1ccc(-n2cc3c(N4CCN(C)[C@H](C(=O)NCc5ccc6sccc6c5)C4)ncnc3n2)cc1. The van der Waals surface area contributed by atoms with Gasteiger partial charge in [0.1, 0.15) is 18.2 Å². The van der Waals surface area contributed by atoms with Crippen LogP contribution in [0.15, 0.2) is 66.4 Å². The number of likely N-dealkylation sites (N-methyl/N-ethyl adjacent to an activating group) is 1. The highest BCUT2D eigenvalue weighted by atomic mass is 32.1. The van der Waals surface area contributed by atoms with E-state index in [0.29, 0.717) is 18.7 Å². The Hall–Kier alpha value is -3.82. The van der Waals surface area contributed by atoms with Gasteiger partial charge >= 0.3 is 0 Å². The predicted octanol–water partition coefficient (Wildman–Crippen LogP) is 3.78. The van der Waals surface area contributed by atoms with E-state index >= 15 is 0 Å². The van der Waals surface area contributed by atoms with Gasteiger partial charge in [-0.2, -0.15) is 0 Å². The third kappa shape index (κ3) is 4.31. The molecule has 0 aliphatic carbocycles. The molecule has 0 bridgehead atoms. The molecule has 1 aliphatic rings. The number of aromatic nitrogens is 4. The van der Waals surface area contributed by atoms with Gasteiger partial charge in [-0.15, -0.1) is 16.4 Å². The van der Waals surface area contributed by atoms with E-state index in [4.69, 9.17) is 0 Å². The maximum atomic E-state index is 13.2. The first kappa shape index (κ1) is 22.6. The molecular formula is C27H27N7OS. The van der Waals surface area contributed by atoms with Crippen LogP contribution < -0.4 is 10.2 Å². The molecule has 182 valence electrons. The highest BCUT2D eigenvalue weighted by molar-refractivity contribution is 7.17. The van der Waals surface area contributed by atoms with Crippen LogP contribution in [0.1, 0.15) is 11.1 Å². The molecule has 8 nitrogen and oxygen atoms in total. The molecule has 2 aromatic carbocycles. The zero-order valence-corrected chi connectivity index (χ0v) is 21.1. The van der Waals surface area contributed by atoms with E-state index in [2.05, 4.69) is 78.9 Å². The van der Waals surface area contributed by atoms with Crippen LogP contribution in [0.3, 0.4) is 0 Å². The summed E-state index contributed by atoms with van der Waals surface area (Å²) in [5.74, 6) is 0.834. The van der Waals surface area contributed by atoms with Gasteiger partial charge in [0.05, 0.1) is 11.1 Å². The van der Waals surface area contributed by atoms with Crippen molar-refractivity contribution >= 4 is 44.2 Å². The fourth-order valence-corrected chi connectivity index (χ4v) is 5.46. The maximum absolute atomic E-state index is 13.2. The van der Waals surface area contributed by atoms with Crippen LogP contribution in [0, 0.1) is 6.92 Å². The standard InChI is InChI=1S/C27H27N7OS/c1-18-3-6-21(7-4-18)34-15-22-25(31-34)29-17-30-26(22)33-11-10-32(2)23(16-33)27(35)28-14-19-5-8-24-20(13-19)9-12-36-24/h3-9,12-13,15,17,23H,10-11,14,16H2,1-2H3,(H,28,35)/t23-/m0/s1. The largest absolute Gasteiger partial charge is 0.353 e. The van der Waals surface area contributed by atoms with E-state index in [1.165, 1.54) is 15.6 Å². The van der Waals surface area contributed by atoms with Gasteiger partial charge in [-0.3, -0.25) is 9.69 Å². The number of hydrogen-bond donors (Lipinski definition) is 1. The normalized spacial score (nSPS) is 16.6. The first-order chi connectivity index (χ1) is 17.5. The van der Waals surface area contributed by atoms with Crippen molar-refractivity contribution in [1.29, 1.82) is 0 Å². The summed E-state index contributed by atoms with van der Waals surface area (Å²) in [6.45, 7) is 4.66. The second-order valence-electron chi connectivity index (χ2n) is 9.30. The lowest BCUT2D eigenvalue weighted by Crippen LogP contribution is -2.57. The third-order valence-corrected chi connectivity index (χ3v) is 7.73. The average molecular weight is 498 g/mol. The summed E-state index contributed by atoms with van der Waals surface area (Å²) in [6.07, 6.45) is 3.53. The molecule has 36 heavy (non-hydrogen) atoms. The number of piperazine rings is 1. The summed E-state index contributed by atoms with van der Waals surface area (Å²) in [4.78, 5) is 26.5. The summed E-state index contributed by atoms with van der Waals surface area (Å²) >= 11 is 1.73. The second kappa shape index (κ2) is 9.33. The Morgan fingerprint density at radius 2 is 1.97 bits per heavy atom. The highest BCUT2D eigenvalue weighted by Crippen LogP contribution is 2.26. The summed E-state index contributed by atoms with van der Waals surface area (Å²) in [5, 5.41) is 12.0. The van der Waals surface area contributed by atoms with E-state index in [-0.39, 0.29) is 11.9 Å². The topological polar surface area (TPSA) is 79.2 Å². The first-order valence-corrected chi connectivity index (χ1v) is 12.9. The van der Waals surface area contributed by atoms with Crippen molar-refractivity contribution in [2.24, 2.45) is 0 Å². The van der Waals surface area contributed by atoms with Crippen molar-refractivity contribution < 1.29 is 4.79 Å². The van der Waals surface area contributed by atoms with Crippen LogP contribution in [0.25, 0.3) is 26.8 Å². The molecule has 1 N–H and O–H groups in total. The van der Waals surface area contributed by atoms with E-state index < -0.39 is 0 Å². The summed E-state index contributed by atoms with van der Waals surface area (Å²) < 4.78 is 3.10. The van der Waals surface area contributed by atoms with Gasteiger partial charge < -0.3 is 10.2 Å². The molecule has 0 saturated carbocycles. The van der Waals surface area contributed by atoms with Crippen molar-refractivity contribution in [3.63, 3.8) is 0 Å². The smallest absolute Gasteiger partial charge is 0.239 e. The molecule has 1 fully saturated rings. The van der Waals surface area contributed by atoms with Crippen LogP contribution >= 0.6 is 11.3 Å². The third-order valence-electron chi connectivity index (χ3n) is 6.83. The minimum atomic E-state index is -0.277. The first-order valence-electron chi connectivity index (χ1n) is 12.0. The van der Waals surface area contributed by atoms with E-state index in [9.17, 15) is 4.79 Å². The molecule has 6 rings (SSSR count). The molecule has 1 atom stereocenters. The van der Waals surface area contributed by atoms with E-state index in [0.717, 1.165) is 35.5 Å². The number of aryl methyl sites for hydroxylation is 1.